The standard InChI is InChI=1S/C10H18BrNO4/c1-10(2,3)16-9(14)6(5-7(11)12)8(13)15-4/h6-7H,5,12H2,1-4H3. The van der Waals surface area contributed by atoms with Crippen molar-refractivity contribution in [2.75, 3.05) is 7.11 Å². The predicted octanol–water partition coefficient (Wildman–Crippen LogP) is 1.19. The van der Waals surface area contributed by atoms with Crippen LogP contribution >= 0.6 is 15.9 Å². The lowest BCUT2D eigenvalue weighted by molar-refractivity contribution is -0.168. The molecule has 0 radical (unpaired) electrons. The van der Waals surface area contributed by atoms with Gasteiger partial charge in [-0.1, -0.05) is 15.9 Å². The van der Waals surface area contributed by atoms with Crippen LogP contribution in [0.3, 0.4) is 0 Å². The summed E-state index contributed by atoms with van der Waals surface area (Å²) in [4.78, 5) is 22.6. The first-order chi connectivity index (χ1) is 7.17. The van der Waals surface area contributed by atoms with Gasteiger partial charge in [0.2, 0.25) is 0 Å². The molecule has 0 spiro atoms. The zero-order valence-corrected chi connectivity index (χ0v) is 11.5. The van der Waals surface area contributed by atoms with Crippen LogP contribution in [0.15, 0.2) is 0 Å². The molecule has 0 heterocycles. The molecular weight excluding hydrogens is 278 g/mol. The van der Waals surface area contributed by atoms with Crippen molar-refractivity contribution in [3.8, 4) is 0 Å². The number of carbonyl (C=O) groups excluding carboxylic acids is 2. The fourth-order valence-corrected chi connectivity index (χ4v) is 1.40. The summed E-state index contributed by atoms with van der Waals surface area (Å²) in [5.41, 5.74) is 4.85. The largest absolute Gasteiger partial charge is 0.468 e. The SMILES string of the molecule is COC(=O)C(CC(N)Br)C(=O)OC(C)(C)C. The molecule has 0 aliphatic rings. The van der Waals surface area contributed by atoms with E-state index in [1.165, 1.54) is 7.11 Å². The Hall–Kier alpha value is -0.620. The van der Waals surface area contributed by atoms with E-state index in [-0.39, 0.29) is 6.42 Å². The fourth-order valence-electron chi connectivity index (χ4n) is 1.03. The fraction of sp³-hybridized carbons (Fsp3) is 0.800. The first kappa shape index (κ1) is 15.4. The lowest BCUT2D eigenvalue weighted by atomic mass is 10.1. The number of carbonyl (C=O) groups is 2. The van der Waals surface area contributed by atoms with Crippen molar-refractivity contribution >= 4 is 27.9 Å². The van der Waals surface area contributed by atoms with E-state index in [2.05, 4.69) is 20.7 Å². The molecule has 0 saturated heterocycles. The molecule has 2 atom stereocenters. The van der Waals surface area contributed by atoms with Gasteiger partial charge in [-0.25, -0.2) is 0 Å². The molecule has 0 aromatic heterocycles. The van der Waals surface area contributed by atoms with Gasteiger partial charge >= 0.3 is 11.9 Å². The van der Waals surface area contributed by atoms with E-state index >= 15 is 0 Å². The van der Waals surface area contributed by atoms with Crippen molar-refractivity contribution in [2.24, 2.45) is 11.7 Å². The van der Waals surface area contributed by atoms with Gasteiger partial charge in [-0.05, 0) is 27.2 Å². The summed E-state index contributed by atoms with van der Waals surface area (Å²) in [6.07, 6.45) is 0.140. The van der Waals surface area contributed by atoms with E-state index < -0.39 is 28.4 Å². The van der Waals surface area contributed by atoms with Crippen molar-refractivity contribution in [1.82, 2.24) is 0 Å². The number of alkyl halides is 1. The van der Waals surface area contributed by atoms with Crippen LogP contribution in [0, 0.1) is 5.92 Å². The molecule has 0 fully saturated rings. The van der Waals surface area contributed by atoms with Crippen LogP contribution in [0.5, 0.6) is 0 Å². The zero-order chi connectivity index (χ0) is 12.9. The average Bonchev–Trinajstić information content (AvgIpc) is 2.09. The van der Waals surface area contributed by atoms with E-state index in [9.17, 15) is 9.59 Å². The number of nitrogens with two attached hydrogens (primary N) is 1. The highest BCUT2D eigenvalue weighted by Crippen LogP contribution is 2.17. The van der Waals surface area contributed by atoms with Crippen molar-refractivity contribution in [2.45, 2.75) is 37.7 Å². The molecule has 0 bridgehead atoms. The summed E-state index contributed by atoms with van der Waals surface area (Å²) in [5, 5.41) is 0. The topological polar surface area (TPSA) is 78.6 Å². The smallest absolute Gasteiger partial charge is 0.320 e. The van der Waals surface area contributed by atoms with Gasteiger partial charge in [-0.15, -0.1) is 0 Å². The van der Waals surface area contributed by atoms with Crippen LogP contribution in [-0.4, -0.2) is 29.6 Å². The average molecular weight is 296 g/mol. The maximum Gasteiger partial charge on any atom is 0.320 e. The second kappa shape index (κ2) is 6.20. The number of rotatable bonds is 4. The molecule has 16 heavy (non-hydrogen) atoms. The molecule has 2 unspecified atom stereocenters. The molecule has 6 heteroatoms. The van der Waals surface area contributed by atoms with Crippen molar-refractivity contribution < 1.29 is 19.1 Å². The molecule has 0 aromatic carbocycles. The molecule has 5 nitrogen and oxygen atoms in total. The number of halogens is 1. The van der Waals surface area contributed by atoms with Crippen molar-refractivity contribution in [1.29, 1.82) is 0 Å². The van der Waals surface area contributed by atoms with Gasteiger partial charge in [0.15, 0.2) is 5.92 Å². The maximum atomic E-state index is 11.7. The lowest BCUT2D eigenvalue weighted by Gasteiger charge is -2.23. The number of hydrogen-bond acceptors (Lipinski definition) is 5. The Balaban J connectivity index is 4.63. The van der Waals surface area contributed by atoms with Crippen LogP contribution in [-0.2, 0) is 19.1 Å². The summed E-state index contributed by atoms with van der Waals surface area (Å²) in [6.45, 7) is 5.19. The van der Waals surface area contributed by atoms with Gasteiger partial charge in [-0.2, -0.15) is 0 Å². The lowest BCUT2D eigenvalue weighted by Crippen LogP contribution is -2.36. The third kappa shape index (κ3) is 6.07. The molecule has 0 aliphatic heterocycles. The van der Waals surface area contributed by atoms with Gasteiger partial charge in [0, 0.05) is 0 Å². The summed E-state index contributed by atoms with van der Waals surface area (Å²) < 4.78 is 9.64. The van der Waals surface area contributed by atoms with Crippen LogP contribution in [0.4, 0.5) is 0 Å². The number of hydrogen-bond donors (Lipinski definition) is 1. The molecule has 0 saturated carbocycles. The highest BCUT2D eigenvalue weighted by molar-refractivity contribution is 9.09. The number of ether oxygens (including phenoxy) is 2. The van der Waals surface area contributed by atoms with Crippen LogP contribution in [0.1, 0.15) is 27.2 Å². The van der Waals surface area contributed by atoms with E-state index in [1.54, 1.807) is 20.8 Å². The normalized spacial score (nSPS) is 15.1. The Morgan fingerprint density at radius 2 is 1.81 bits per heavy atom. The zero-order valence-electron chi connectivity index (χ0n) is 9.95. The third-order valence-electron chi connectivity index (χ3n) is 1.64. The van der Waals surface area contributed by atoms with E-state index in [1.807, 2.05) is 0 Å². The minimum atomic E-state index is -0.987. The number of methoxy groups -OCH3 is 1. The van der Waals surface area contributed by atoms with Crippen LogP contribution < -0.4 is 5.73 Å². The Morgan fingerprint density at radius 3 is 2.12 bits per heavy atom. The van der Waals surface area contributed by atoms with Gasteiger partial charge in [-0.3, -0.25) is 9.59 Å². The summed E-state index contributed by atoms with van der Waals surface area (Å²) >= 11 is 3.08. The Labute approximate surface area is 104 Å². The van der Waals surface area contributed by atoms with Crippen LogP contribution in [0.2, 0.25) is 0 Å². The molecule has 0 aromatic rings. The molecule has 94 valence electrons. The Bertz CT molecular complexity index is 260. The number of esters is 2. The third-order valence-corrected chi connectivity index (χ3v) is 2.01. The molecule has 0 aliphatic carbocycles. The molecule has 0 rings (SSSR count). The van der Waals surface area contributed by atoms with E-state index in [0.29, 0.717) is 0 Å². The highest BCUT2D eigenvalue weighted by Gasteiger charge is 2.33. The minimum Gasteiger partial charge on any atom is -0.468 e. The van der Waals surface area contributed by atoms with Crippen molar-refractivity contribution in [3.63, 3.8) is 0 Å². The minimum absolute atomic E-state index is 0.140. The predicted molar refractivity (Wildman–Crippen MR) is 62.9 cm³/mol. The monoisotopic (exact) mass is 295 g/mol. The maximum absolute atomic E-state index is 11.7. The quantitative estimate of drug-likeness (QED) is 0.365. The Morgan fingerprint density at radius 1 is 1.31 bits per heavy atom. The summed E-state index contributed by atoms with van der Waals surface area (Å²) in [5.74, 6) is -2.24. The molecular formula is C10H18BrNO4. The van der Waals surface area contributed by atoms with Gasteiger partial charge in [0.25, 0.3) is 0 Å². The van der Waals surface area contributed by atoms with E-state index in [4.69, 9.17) is 10.5 Å². The summed E-state index contributed by atoms with van der Waals surface area (Å²) in [7, 11) is 1.22. The highest BCUT2D eigenvalue weighted by atomic mass is 79.9. The van der Waals surface area contributed by atoms with Gasteiger partial charge < -0.3 is 15.2 Å². The van der Waals surface area contributed by atoms with Crippen molar-refractivity contribution in [3.05, 3.63) is 0 Å². The second-order valence-corrected chi connectivity index (χ2v) is 5.54. The van der Waals surface area contributed by atoms with Gasteiger partial charge in [0.05, 0.1) is 12.1 Å². The molecule has 2 N–H and O–H groups in total. The molecule has 0 amide bonds. The van der Waals surface area contributed by atoms with E-state index in [0.717, 1.165) is 0 Å². The first-order valence-electron chi connectivity index (χ1n) is 4.87. The van der Waals surface area contributed by atoms with Gasteiger partial charge in [0.1, 0.15) is 5.60 Å². The van der Waals surface area contributed by atoms with Crippen LogP contribution in [0.25, 0.3) is 0 Å². The summed E-state index contributed by atoms with van der Waals surface area (Å²) in [6, 6.07) is 0. The second-order valence-electron chi connectivity index (χ2n) is 4.36. The first-order valence-corrected chi connectivity index (χ1v) is 5.79. The Kier molecular flexibility index (Phi) is 5.96.